The van der Waals surface area contributed by atoms with Crippen molar-refractivity contribution in [3.8, 4) is 0 Å². The molecule has 0 spiro atoms. The predicted molar refractivity (Wildman–Crippen MR) is 83.1 cm³/mol. The third kappa shape index (κ3) is 6.19. The van der Waals surface area contributed by atoms with E-state index >= 15 is 0 Å². The van der Waals surface area contributed by atoms with Crippen LogP contribution < -0.4 is 10.0 Å². The molecule has 1 aromatic carbocycles. The minimum atomic E-state index is -3.41. The van der Waals surface area contributed by atoms with Crippen LogP contribution in [0.25, 0.3) is 0 Å². The second kappa shape index (κ2) is 9.31. The van der Waals surface area contributed by atoms with Gasteiger partial charge in [-0.15, -0.1) is 12.4 Å². The molecular weight excluding hydrogens is 300 g/mol. The average molecular weight is 323 g/mol. The molecule has 0 saturated heterocycles. The Labute approximate surface area is 127 Å². The number of rotatable bonds is 8. The highest BCUT2D eigenvalue weighted by molar-refractivity contribution is 7.89. The Morgan fingerprint density at radius 3 is 2.40 bits per heavy atom. The molecule has 0 aliphatic rings. The van der Waals surface area contributed by atoms with E-state index in [0.717, 1.165) is 11.1 Å². The van der Waals surface area contributed by atoms with Crippen LogP contribution in [0.3, 0.4) is 0 Å². The van der Waals surface area contributed by atoms with Crippen molar-refractivity contribution >= 4 is 22.4 Å². The zero-order valence-electron chi connectivity index (χ0n) is 12.1. The van der Waals surface area contributed by atoms with Crippen LogP contribution in [0.15, 0.2) is 23.1 Å². The average Bonchev–Trinajstić information content (AvgIpc) is 2.36. The van der Waals surface area contributed by atoms with Gasteiger partial charge in [0.2, 0.25) is 10.0 Å². The van der Waals surface area contributed by atoms with Crippen LogP contribution in [0.5, 0.6) is 0 Å². The summed E-state index contributed by atoms with van der Waals surface area (Å²) in [5, 5.41) is 3.08. The van der Waals surface area contributed by atoms with Crippen LogP contribution in [0.2, 0.25) is 0 Å². The van der Waals surface area contributed by atoms with Crippen LogP contribution in [0.4, 0.5) is 0 Å². The number of aryl methyl sites for hydroxylation is 2. The first kappa shape index (κ1) is 19.3. The number of benzene rings is 1. The molecular formula is C13H23ClN2O3S. The molecule has 0 amide bonds. The van der Waals surface area contributed by atoms with Gasteiger partial charge in [0.1, 0.15) is 0 Å². The molecule has 0 aliphatic heterocycles. The van der Waals surface area contributed by atoms with Crippen molar-refractivity contribution < 1.29 is 13.2 Å². The molecule has 0 bridgehead atoms. The van der Waals surface area contributed by atoms with E-state index in [4.69, 9.17) is 4.74 Å². The van der Waals surface area contributed by atoms with Crippen molar-refractivity contribution in [3.63, 3.8) is 0 Å². The molecule has 5 nitrogen and oxygen atoms in total. The molecule has 0 aliphatic carbocycles. The lowest BCUT2D eigenvalue weighted by Crippen LogP contribution is -2.33. The minimum absolute atomic E-state index is 0. The molecule has 2 N–H and O–H groups in total. The second-order valence-electron chi connectivity index (χ2n) is 4.39. The predicted octanol–water partition coefficient (Wildman–Crippen LogP) is 1.24. The van der Waals surface area contributed by atoms with E-state index in [-0.39, 0.29) is 12.4 Å². The van der Waals surface area contributed by atoms with Gasteiger partial charge in [-0.1, -0.05) is 6.07 Å². The molecule has 0 heterocycles. The van der Waals surface area contributed by atoms with E-state index in [1.54, 1.807) is 19.2 Å². The lowest BCUT2D eigenvalue weighted by atomic mass is 10.1. The highest BCUT2D eigenvalue weighted by Gasteiger charge is 2.13. The Kier molecular flexibility index (Phi) is 9.00. The summed E-state index contributed by atoms with van der Waals surface area (Å²) in [6.07, 6.45) is 0. The maximum atomic E-state index is 12.0. The number of halogens is 1. The van der Waals surface area contributed by atoms with Crippen LogP contribution >= 0.6 is 12.4 Å². The molecule has 0 fully saturated rings. The smallest absolute Gasteiger partial charge is 0.240 e. The molecule has 116 valence electrons. The molecule has 20 heavy (non-hydrogen) atoms. The van der Waals surface area contributed by atoms with Gasteiger partial charge in [-0.2, -0.15) is 0 Å². The fourth-order valence-electron chi connectivity index (χ4n) is 1.54. The van der Waals surface area contributed by atoms with Crippen molar-refractivity contribution in [2.75, 3.05) is 33.4 Å². The molecule has 1 rings (SSSR count). The van der Waals surface area contributed by atoms with Gasteiger partial charge in [-0.25, -0.2) is 13.1 Å². The molecule has 0 unspecified atom stereocenters. The summed E-state index contributed by atoms with van der Waals surface area (Å²) in [7, 11) is -1.78. The van der Waals surface area contributed by atoms with Crippen LogP contribution in [0, 0.1) is 13.8 Å². The summed E-state index contributed by atoms with van der Waals surface area (Å²) < 4.78 is 31.5. The van der Waals surface area contributed by atoms with E-state index in [2.05, 4.69) is 10.0 Å². The fourth-order valence-corrected chi connectivity index (χ4v) is 2.65. The van der Waals surface area contributed by atoms with Gasteiger partial charge in [0, 0.05) is 26.7 Å². The monoisotopic (exact) mass is 322 g/mol. The van der Waals surface area contributed by atoms with Gasteiger partial charge in [0.05, 0.1) is 11.5 Å². The maximum absolute atomic E-state index is 12.0. The van der Waals surface area contributed by atoms with Crippen molar-refractivity contribution in [2.24, 2.45) is 0 Å². The van der Waals surface area contributed by atoms with E-state index in [1.807, 2.05) is 19.9 Å². The molecule has 0 atom stereocenters. The number of sulfonamides is 1. The second-order valence-corrected chi connectivity index (χ2v) is 6.15. The van der Waals surface area contributed by atoms with Crippen molar-refractivity contribution in [2.45, 2.75) is 18.7 Å². The fraction of sp³-hybridized carbons (Fsp3) is 0.538. The third-order valence-electron chi connectivity index (χ3n) is 2.87. The molecule has 1 aromatic rings. The van der Waals surface area contributed by atoms with E-state index < -0.39 is 10.0 Å². The first-order valence-electron chi connectivity index (χ1n) is 6.24. The zero-order valence-corrected chi connectivity index (χ0v) is 13.7. The normalized spacial score (nSPS) is 11.2. The van der Waals surface area contributed by atoms with Crippen LogP contribution in [-0.4, -0.2) is 41.8 Å². The molecule has 7 heteroatoms. The van der Waals surface area contributed by atoms with Crippen molar-refractivity contribution in [1.82, 2.24) is 10.0 Å². The lowest BCUT2D eigenvalue weighted by molar-refractivity contribution is 0.199. The number of nitrogens with one attached hydrogen (secondary N) is 2. The topological polar surface area (TPSA) is 67.4 Å². The van der Waals surface area contributed by atoms with Gasteiger partial charge in [0.25, 0.3) is 0 Å². The summed E-state index contributed by atoms with van der Waals surface area (Å²) in [6, 6.07) is 5.14. The summed E-state index contributed by atoms with van der Waals surface area (Å²) in [5.41, 5.74) is 2.06. The van der Waals surface area contributed by atoms with E-state index in [9.17, 15) is 8.42 Å². The Morgan fingerprint density at radius 2 is 1.80 bits per heavy atom. The quantitative estimate of drug-likeness (QED) is 0.707. The molecule has 0 saturated carbocycles. The molecule has 0 radical (unpaired) electrons. The van der Waals surface area contributed by atoms with Crippen LogP contribution in [-0.2, 0) is 14.8 Å². The van der Waals surface area contributed by atoms with Gasteiger partial charge < -0.3 is 10.1 Å². The Morgan fingerprint density at radius 1 is 1.10 bits per heavy atom. The van der Waals surface area contributed by atoms with E-state index in [1.165, 1.54) is 0 Å². The third-order valence-corrected chi connectivity index (χ3v) is 4.32. The number of hydrogen-bond donors (Lipinski definition) is 2. The van der Waals surface area contributed by atoms with Crippen LogP contribution in [0.1, 0.15) is 11.1 Å². The Balaban J connectivity index is 0.00000361. The van der Waals surface area contributed by atoms with Crippen molar-refractivity contribution in [1.29, 1.82) is 0 Å². The molecule has 0 aromatic heterocycles. The number of ether oxygens (including phenoxy) is 1. The zero-order chi connectivity index (χ0) is 14.3. The first-order valence-corrected chi connectivity index (χ1v) is 7.72. The Hall–Kier alpha value is -0.660. The summed E-state index contributed by atoms with van der Waals surface area (Å²) >= 11 is 0. The maximum Gasteiger partial charge on any atom is 0.240 e. The summed E-state index contributed by atoms with van der Waals surface area (Å²) in [6.45, 7) is 6.12. The minimum Gasteiger partial charge on any atom is -0.383 e. The van der Waals surface area contributed by atoms with Crippen molar-refractivity contribution in [3.05, 3.63) is 29.3 Å². The largest absolute Gasteiger partial charge is 0.383 e. The SMILES string of the molecule is COCCNCCNS(=O)(=O)c1ccc(C)c(C)c1.Cl. The van der Waals surface area contributed by atoms with Gasteiger partial charge in [-0.3, -0.25) is 0 Å². The van der Waals surface area contributed by atoms with Gasteiger partial charge >= 0.3 is 0 Å². The van der Waals surface area contributed by atoms with Gasteiger partial charge in [0.15, 0.2) is 0 Å². The lowest BCUT2D eigenvalue weighted by Gasteiger charge is -2.09. The Bertz CT molecular complexity index is 506. The van der Waals surface area contributed by atoms with Gasteiger partial charge in [-0.05, 0) is 37.1 Å². The first-order chi connectivity index (χ1) is 8.97. The van der Waals surface area contributed by atoms with E-state index in [0.29, 0.717) is 31.1 Å². The summed E-state index contributed by atoms with van der Waals surface area (Å²) in [5.74, 6) is 0. The number of hydrogen-bond acceptors (Lipinski definition) is 4. The standard InChI is InChI=1S/C13H22N2O3S.ClH/c1-11-4-5-13(10-12(11)2)19(16,17)15-7-6-14-8-9-18-3;/h4-5,10,14-15H,6-9H2,1-3H3;1H. The highest BCUT2D eigenvalue weighted by atomic mass is 35.5. The highest BCUT2D eigenvalue weighted by Crippen LogP contribution is 2.14. The summed E-state index contributed by atoms with van der Waals surface area (Å²) in [4.78, 5) is 0.312. The number of methoxy groups -OCH3 is 1.